The van der Waals surface area contributed by atoms with Gasteiger partial charge in [-0.3, -0.25) is 0 Å². The third kappa shape index (κ3) is 58400. The molecule has 0 aliphatic heterocycles. The second-order valence-electron chi connectivity index (χ2n) is 0.707. The van der Waals surface area contributed by atoms with Gasteiger partial charge in [-0.25, -0.2) is 0 Å². The van der Waals surface area contributed by atoms with Crippen LogP contribution < -0.4 is 0 Å². The molecule has 0 aromatic carbocycles. The Bertz CT molecular complexity index is 4.14. The van der Waals surface area contributed by atoms with Gasteiger partial charge in [0.05, 0.1) is 0 Å². The van der Waals surface area contributed by atoms with Crippen molar-refractivity contribution in [2.24, 2.45) is 0 Å². The van der Waals surface area contributed by atoms with Crippen LogP contribution in [0.15, 0.2) is 0 Å². The van der Waals surface area contributed by atoms with E-state index in [9.17, 15) is 0 Å². The van der Waals surface area contributed by atoms with E-state index >= 15 is 0 Å². The Morgan fingerprint density at radius 2 is 1.00 bits per heavy atom. The van der Waals surface area contributed by atoms with E-state index in [2.05, 4.69) is 13.8 Å². The molecule has 0 fully saturated rings. The van der Waals surface area contributed by atoms with E-state index in [1.165, 1.54) is 6.42 Å². The van der Waals surface area contributed by atoms with Gasteiger partial charge in [-0.15, -0.1) is 0 Å². The smallest absolute Gasteiger partial charge is 0.0319 e. The summed E-state index contributed by atoms with van der Waals surface area (Å²) < 4.78 is 0. The molecule has 0 unspecified atom stereocenters. The molecule has 7 heavy (non-hydrogen) atoms. The Morgan fingerprint density at radius 3 is 1.00 bits per heavy atom. The summed E-state index contributed by atoms with van der Waals surface area (Å²) >= 11 is 0. The molecule has 1 N–H and O–H groups in total. The highest BCUT2D eigenvalue weighted by molar-refractivity contribution is 3.92. The quantitative estimate of drug-likeness (QED) is 0.505. The molecule has 0 spiro atoms. The van der Waals surface area contributed by atoms with Gasteiger partial charge in [0, 0.05) is 7.11 Å². The molecule has 0 saturated heterocycles. The molecular weight excluding hydrogens is 88.1 g/mol. The maximum Gasteiger partial charge on any atom is 0.0319 e. The summed E-state index contributed by atoms with van der Waals surface area (Å²) in [4.78, 5) is 0. The fourth-order valence-electron chi connectivity index (χ4n) is 0. The monoisotopic (exact) mass is 108 g/mol. The van der Waals surface area contributed by atoms with Gasteiger partial charge in [0.25, 0.3) is 0 Å². The average Bonchev–Trinajstić information content (AvgIpc) is 1.46. The van der Waals surface area contributed by atoms with Crippen LogP contribution in [0.3, 0.4) is 0 Å². The van der Waals surface area contributed by atoms with E-state index < -0.39 is 0 Å². The van der Waals surface area contributed by atoms with Crippen LogP contribution in [0.2, 0.25) is 0 Å². The fraction of sp³-hybridized carbons (Fsp3) is 1.00. The summed E-state index contributed by atoms with van der Waals surface area (Å²) in [5, 5.41) is 7.00. The minimum atomic E-state index is 0. The van der Waals surface area contributed by atoms with Crippen LogP contribution in [-0.2, 0) is 0 Å². The number of hydrogen-bond donors (Lipinski definition) is 1. The molecule has 1 nitrogen and oxygen atoms in total. The zero-order valence-electron chi connectivity index (χ0n) is 4.15. The normalized spacial score (nSPS) is 3.43. The standard InChI is InChI=1S/C3H8.CH4O.2CH4/c1-3-2;1-2;;/h3H2,1-2H3;2H,1H3;2*1H4. The second-order valence-corrected chi connectivity index (χ2v) is 0.707. The zero-order chi connectivity index (χ0) is 4.71. The van der Waals surface area contributed by atoms with Crippen molar-refractivity contribution in [3.8, 4) is 0 Å². The Labute approximate surface area is 48.4 Å². The SMILES string of the molecule is C.C.CCC.CO. The van der Waals surface area contributed by atoms with E-state index in [1.807, 2.05) is 0 Å². The number of aliphatic hydroxyl groups excluding tert-OH is 1. The predicted molar refractivity (Wildman–Crippen MR) is 37.6 cm³/mol. The number of hydrogen-bond acceptors (Lipinski definition) is 1. The number of aliphatic hydroxyl groups is 1. The van der Waals surface area contributed by atoms with Gasteiger partial charge in [-0.1, -0.05) is 35.1 Å². The first-order valence-corrected chi connectivity index (χ1v) is 1.86. The van der Waals surface area contributed by atoms with Crippen molar-refractivity contribution in [3.63, 3.8) is 0 Å². The van der Waals surface area contributed by atoms with Crippen LogP contribution >= 0.6 is 0 Å². The largest absolute Gasteiger partial charge is 0.400 e. The lowest BCUT2D eigenvalue weighted by atomic mass is 10.6. The Morgan fingerprint density at radius 1 is 1.00 bits per heavy atom. The van der Waals surface area contributed by atoms with E-state index in [0.29, 0.717) is 0 Å². The van der Waals surface area contributed by atoms with Gasteiger partial charge in [-0.2, -0.15) is 0 Å². The molecule has 0 amide bonds. The zero-order valence-corrected chi connectivity index (χ0v) is 4.15. The fourth-order valence-corrected chi connectivity index (χ4v) is 0. The summed E-state index contributed by atoms with van der Waals surface area (Å²) in [6.45, 7) is 4.25. The van der Waals surface area contributed by atoms with Gasteiger partial charge in [0.15, 0.2) is 0 Å². The lowest BCUT2D eigenvalue weighted by Gasteiger charge is -1.48. The van der Waals surface area contributed by atoms with Crippen LogP contribution in [0.25, 0.3) is 0 Å². The highest BCUT2D eigenvalue weighted by Crippen LogP contribution is 1.56. The summed E-state index contributed by atoms with van der Waals surface area (Å²) in [6, 6.07) is 0. The average molecular weight is 108 g/mol. The van der Waals surface area contributed by atoms with Crippen molar-refractivity contribution < 1.29 is 5.11 Å². The molecule has 0 atom stereocenters. The third-order valence-electron chi connectivity index (χ3n) is 0. The molecule has 0 aliphatic carbocycles. The molecule has 0 aromatic rings. The van der Waals surface area contributed by atoms with Crippen molar-refractivity contribution in [1.82, 2.24) is 0 Å². The lowest BCUT2D eigenvalue weighted by molar-refractivity contribution is 0.399. The highest BCUT2D eigenvalue weighted by atomic mass is 16.2. The molecular formula is C6H20O. The van der Waals surface area contributed by atoms with Crippen LogP contribution in [0.1, 0.15) is 35.1 Å². The van der Waals surface area contributed by atoms with E-state index in [4.69, 9.17) is 5.11 Å². The molecule has 0 radical (unpaired) electrons. The summed E-state index contributed by atoms with van der Waals surface area (Å²) in [6.07, 6.45) is 1.25. The molecule has 50 valence electrons. The molecule has 0 saturated carbocycles. The molecule has 0 heterocycles. The van der Waals surface area contributed by atoms with Crippen LogP contribution in [-0.4, -0.2) is 12.2 Å². The Kier molecular flexibility index (Phi) is 641. The highest BCUT2D eigenvalue weighted by Gasteiger charge is 1.35. The first-order chi connectivity index (χ1) is 2.41. The predicted octanol–water partition coefficient (Wildman–Crippen LogP) is 2.30. The first-order valence-electron chi connectivity index (χ1n) is 1.86. The summed E-state index contributed by atoms with van der Waals surface area (Å²) in [5.74, 6) is 0. The van der Waals surface area contributed by atoms with Gasteiger partial charge >= 0.3 is 0 Å². The van der Waals surface area contributed by atoms with Gasteiger partial charge in [0.2, 0.25) is 0 Å². The summed E-state index contributed by atoms with van der Waals surface area (Å²) in [5.41, 5.74) is 0. The maximum atomic E-state index is 7.00. The number of rotatable bonds is 0. The topological polar surface area (TPSA) is 20.2 Å². The van der Waals surface area contributed by atoms with Gasteiger partial charge < -0.3 is 5.11 Å². The molecule has 0 aliphatic rings. The minimum Gasteiger partial charge on any atom is -0.400 e. The van der Waals surface area contributed by atoms with Gasteiger partial charge in [0.1, 0.15) is 0 Å². The Hall–Kier alpha value is -0.0400. The van der Waals surface area contributed by atoms with E-state index in [-0.39, 0.29) is 14.9 Å². The lowest BCUT2D eigenvalue weighted by Crippen LogP contribution is -1.27. The van der Waals surface area contributed by atoms with Crippen molar-refractivity contribution in [2.45, 2.75) is 35.1 Å². The maximum absolute atomic E-state index is 7.00. The molecule has 1 heteroatoms. The van der Waals surface area contributed by atoms with Crippen LogP contribution in [0.4, 0.5) is 0 Å². The van der Waals surface area contributed by atoms with Crippen LogP contribution in [0, 0.1) is 0 Å². The van der Waals surface area contributed by atoms with Crippen molar-refractivity contribution in [1.29, 1.82) is 0 Å². The minimum absolute atomic E-state index is 0. The molecule has 0 bridgehead atoms. The van der Waals surface area contributed by atoms with E-state index in [0.717, 1.165) is 7.11 Å². The Balaban J connectivity index is -0.0000000105. The second kappa shape index (κ2) is 159. The van der Waals surface area contributed by atoms with Gasteiger partial charge in [-0.05, 0) is 0 Å². The van der Waals surface area contributed by atoms with Crippen LogP contribution in [0.5, 0.6) is 0 Å². The van der Waals surface area contributed by atoms with E-state index in [1.54, 1.807) is 0 Å². The van der Waals surface area contributed by atoms with Crippen molar-refractivity contribution in [3.05, 3.63) is 0 Å². The first kappa shape index (κ1) is 28.2. The van der Waals surface area contributed by atoms with Crippen molar-refractivity contribution in [2.75, 3.05) is 7.11 Å². The third-order valence-corrected chi connectivity index (χ3v) is 0. The summed E-state index contributed by atoms with van der Waals surface area (Å²) in [7, 11) is 1.00. The molecule has 0 rings (SSSR count). The van der Waals surface area contributed by atoms with Crippen molar-refractivity contribution >= 4 is 0 Å². The molecule has 0 aromatic heterocycles.